The average molecular weight is 177 g/mol. The number of methoxy groups -OCH3 is 1. The zero-order valence-corrected chi connectivity index (χ0v) is 7.79. The summed E-state index contributed by atoms with van der Waals surface area (Å²) in [5.41, 5.74) is 0. The minimum Gasteiger partial charge on any atom is -0.391 e. The van der Waals surface area contributed by atoms with Crippen molar-refractivity contribution in [3.63, 3.8) is 0 Å². The molecule has 74 valence electrons. The highest BCUT2D eigenvalue weighted by atomic mass is 16.5. The summed E-state index contributed by atoms with van der Waals surface area (Å²) in [5.74, 6) is 0. The van der Waals surface area contributed by atoms with Crippen molar-refractivity contribution < 1.29 is 14.9 Å². The molecule has 0 rings (SSSR count). The number of hydrogen-bond acceptors (Lipinski definition) is 4. The number of nitrogens with one attached hydrogen (secondary N) is 1. The molecule has 0 aromatic heterocycles. The van der Waals surface area contributed by atoms with Crippen LogP contribution in [-0.2, 0) is 4.74 Å². The SMILES string of the molecule is COCCNCCC(O)C(C)O. The van der Waals surface area contributed by atoms with Crippen LogP contribution in [0.1, 0.15) is 13.3 Å². The van der Waals surface area contributed by atoms with Gasteiger partial charge in [-0.15, -0.1) is 0 Å². The van der Waals surface area contributed by atoms with E-state index in [0.29, 0.717) is 19.6 Å². The lowest BCUT2D eigenvalue weighted by Crippen LogP contribution is -2.29. The summed E-state index contributed by atoms with van der Waals surface area (Å²) in [4.78, 5) is 0. The summed E-state index contributed by atoms with van der Waals surface area (Å²) in [6.45, 7) is 3.74. The van der Waals surface area contributed by atoms with E-state index < -0.39 is 12.2 Å². The van der Waals surface area contributed by atoms with E-state index in [4.69, 9.17) is 14.9 Å². The van der Waals surface area contributed by atoms with Gasteiger partial charge in [0, 0.05) is 13.7 Å². The van der Waals surface area contributed by atoms with Crippen molar-refractivity contribution in [1.29, 1.82) is 0 Å². The molecule has 0 saturated heterocycles. The van der Waals surface area contributed by atoms with Gasteiger partial charge in [0.2, 0.25) is 0 Å². The summed E-state index contributed by atoms with van der Waals surface area (Å²) >= 11 is 0. The van der Waals surface area contributed by atoms with Crippen LogP contribution in [0.4, 0.5) is 0 Å². The van der Waals surface area contributed by atoms with Gasteiger partial charge >= 0.3 is 0 Å². The molecule has 3 N–H and O–H groups in total. The largest absolute Gasteiger partial charge is 0.391 e. The summed E-state index contributed by atoms with van der Waals surface area (Å²) in [7, 11) is 1.65. The third-order valence-corrected chi connectivity index (χ3v) is 1.66. The van der Waals surface area contributed by atoms with Gasteiger partial charge in [-0.2, -0.15) is 0 Å². The molecule has 0 heterocycles. The lowest BCUT2D eigenvalue weighted by molar-refractivity contribution is 0.0263. The van der Waals surface area contributed by atoms with E-state index in [1.165, 1.54) is 0 Å². The molecule has 0 aromatic carbocycles. The summed E-state index contributed by atoms with van der Waals surface area (Å²) < 4.78 is 4.82. The Morgan fingerprint density at radius 1 is 1.33 bits per heavy atom. The van der Waals surface area contributed by atoms with Gasteiger partial charge < -0.3 is 20.3 Å². The Morgan fingerprint density at radius 3 is 2.50 bits per heavy atom. The zero-order valence-electron chi connectivity index (χ0n) is 7.79. The highest BCUT2D eigenvalue weighted by Gasteiger charge is 2.08. The van der Waals surface area contributed by atoms with Gasteiger partial charge in [-0.05, 0) is 19.9 Å². The predicted octanol–water partition coefficient (Wildman–Crippen LogP) is -0.646. The van der Waals surface area contributed by atoms with Gasteiger partial charge in [0.25, 0.3) is 0 Å². The van der Waals surface area contributed by atoms with Gasteiger partial charge in [-0.25, -0.2) is 0 Å². The summed E-state index contributed by atoms with van der Waals surface area (Å²) in [6.07, 6.45) is -0.698. The summed E-state index contributed by atoms with van der Waals surface area (Å²) in [5, 5.41) is 21.2. The van der Waals surface area contributed by atoms with Crippen LogP contribution in [0.2, 0.25) is 0 Å². The molecule has 0 amide bonds. The monoisotopic (exact) mass is 177 g/mol. The van der Waals surface area contributed by atoms with Gasteiger partial charge in [0.05, 0.1) is 18.8 Å². The van der Waals surface area contributed by atoms with Crippen LogP contribution < -0.4 is 5.32 Å². The van der Waals surface area contributed by atoms with Crippen LogP contribution in [0.3, 0.4) is 0 Å². The Kier molecular flexibility index (Phi) is 7.39. The zero-order chi connectivity index (χ0) is 9.40. The molecule has 0 fully saturated rings. The molecular weight excluding hydrogens is 158 g/mol. The van der Waals surface area contributed by atoms with Crippen LogP contribution >= 0.6 is 0 Å². The molecule has 2 atom stereocenters. The van der Waals surface area contributed by atoms with E-state index in [-0.39, 0.29) is 0 Å². The lowest BCUT2D eigenvalue weighted by Gasteiger charge is -2.13. The quantitative estimate of drug-likeness (QED) is 0.452. The molecular formula is C8H19NO3. The molecule has 0 aliphatic rings. The van der Waals surface area contributed by atoms with E-state index in [1.807, 2.05) is 0 Å². The molecule has 0 saturated carbocycles. The third-order valence-electron chi connectivity index (χ3n) is 1.66. The number of rotatable bonds is 7. The van der Waals surface area contributed by atoms with Crippen molar-refractivity contribution in [3.05, 3.63) is 0 Å². The van der Waals surface area contributed by atoms with Crippen LogP contribution in [-0.4, -0.2) is 49.2 Å². The highest BCUT2D eigenvalue weighted by Crippen LogP contribution is 1.95. The fraction of sp³-hybridized carbons (Fsp3) is 1.00. The van der Waals surface area contributed by atoms with E-state index >= 15 is 0 Å². The fourth-order valence-corrected chi connectivity index (χ4v) is 0.790. The Hall–Kier alpha value is -0.160. The van der Waals surface area contributed by atoms with Crippen molar-refractivity contribution >= 4 is 0 Å². The molecule has 2 unspecified atom stereocenters. The van der Waals surface area contributed by atoms with E-state index in [1.54, 1.807) is 14.0 Å². The second-order valence-electron chi connectivity index (χ2n) is 2.84. The Bertz CT molecular complexity index is 98.3. The van der Waals surface area contributed by atoms with Crippen LogP contribution in [0.5, 0.6) is 0 Å². The van der Waals surface area contributed by atoms with Gasteiger partial charge in [0.15, 0.2) is 0 Å². The van der Waals surface area contributed by atoms with Crippen molar-refractivity contribution in [2.24, 2.45) is 0 Å². The highest BCUT2D eigenvalue weighted by molar-refractivity contribution is 4.63. The molecule has 0 spiro atoms. The first-order chi connectivity index (χ1) is 5.68. The smallest absolute Gasteiger partial charge is 0.0808 e. The molecule has 0 aromatic rings. The first-order valence-corrected chi connectivity index (χ1v) is 4.24. The van der Waals surface area contributed by atoms with E-state index in [2.05, 4.69) is 5.32 Å². The van der Waals surface area contributed by atoms with E-state index in [9.17, 15) is 0 Å². The maximum atomic E-state index is 9.16. The van der Waals surface area contributed by atoms with E-state index in [0.717, 1.165) is 6.54 Å². The minimum absolute atomic E-state index is 0.571. The number of hydrogen-bond donors (Lipinski definition) is 3. The molecule has 4 heteroatoms. The topological polar surface area (TPSA) is 61.7 Å². The first-order valence-electron chi connectivity index (χ1n) is 4.24. The number of ether oxygens (including phenoxy) is 1. The third kappa shape index (κ3) is 6.54. The second-order valence-corrected chi connectivity index (χ2v) is 2.84. The molecule has 0 aliphatic carbocycles. The molecule has 12 heavy (non-hydrogen) atoms. The first kappa shape index (κ1) is 11.8. The fourth-order valence-electron chi connectivity index (χ4n) is 0.790. The number of aliphatic hydroxyl groups excluding tert-OH is 2. The molecule has 0 bridgehead atoms. The van der Waals surface area contributed by atoms with Crippen molar-refractivity contribution in [1.82, 2.24) is 5.32 Å². The standard InChI is InChI=1S/C8H19NO3/c1-7(10)8(11)3-4-9-5-6-12-2/h7-11H,3-6H2,1-2H3. The lowest BCUT2D eigenvalue weighted by atomic mass is 10.1. The van der Waals surface area contributed by atoms with Crippen molar-refractivity contribution in [2.75, 3.05) is 26.8 Å². The minimum atomic E-state index is -0.644. The van der Waals surface area contributed by atoms with Crippen LogP contribution in [0.15, 0.2) is 0 Å². The second kappa shape index (κ2) is 7.49. The Labute approximate surface area is 73.5 Å². The summed E-state index contributed by atoms with van der Waals surface area (Å²) in [6, 6.07) is 0. The maximum absolute atomic E-state index is 9.16. The Morgan fingerprint density at radius 2 is 2.00 bits per heavy atom. The molecule has 0 aliphatic heterocycles. The average Bonchev–Trinajstić information content (AvgIpc) is 2.03. The molecule has 0 radical (unpaired) electrons. The van der Waals surface area contributed by atoms with Gasteiger partial charge in [0.1, 0.15) is 0 Å². The molecule has 4 nitrogen and oxygen atoms in total. The van der Waals surface area contributed by atoms with Gasteiger partial charge in [-0.3, -0.25) is 0 Å². The van der Waals surface area contributed by atoms with Crippen molar-refractivity contribution in [2.45, 2.75) is 25.6 Å². The van der Waals surface area contributed by atoms with Crippen molar-refractivity contribution in [3.8, 4) is 0 Å². The van der Waals surface area contributed by atoms with Crippen LogP contribution in [0.25, 0.3) is 0 Å². The predicted molar refractivity (Wildman–Crippen MR) is 47.1 cm³/mol. The van der Waals surface area contributed by atoms with Gasteiger partial charge in [-0.1, -0.05) is 0 Å². The number of aliphatic hydroxyl groups is 2. The normalized spacial score (nSPS) is 16.0. The van der Waals surface area contributed by atoms with Crippen LogP contribution in [0, 0.1) is 0 Å². The Balaban J connectivity index is 3.08. The maximum Gasteiger partial charge on any atom is 0.0808 e.